The number of nitrogens with one attached hydrogen (secondary N) is 1. The SMILES string of the molecule is Cc1ccc(C)c(NC(=O)/C(C#N)=C\c2c(Oc3ccc(Br)cc3)nc3c(C)cccn3c2=O)c1. The van der Waals surface area contributed by atoms with E-state index >= 15 is 0 Å². The van der Waals surface area contributed by atoms with Crippen molar-refractivity contribution in [3.8, 4) is 17.7 Å². The van der Waals surface area contributed by atoms with Crippen molar-refractivity contribution in [3.05, 3.63) is 103 Å². The number of fused-ring (bicyclic) bond motifs is 1. The van der Waals surface area contributed by atoms with Crippen molar-refractivity contribution in [3.63, 3.8) is 0 Å². The predicted octanol–water partition coefficient (Wildman–Crippen LogP) is 5.72. The smallest absolute Gasteiger partial charge is 0.269 e. The van der Waals surface area contributed by atoms with Crippen molar-refractivity contribution >= 4 is 39.2 Å². The van der Waals surface area contributed by atoms with Crippen LogP contribution in [0.3, 0.4) is 0 Å². The molecule has 1 N–H and O–H groups in total. The Kier molecular flexibility index (Phi) is 6.80. The van der Waals surface area contributed by atoms with Gasteiger partial charge in [0.2, 0.25) is 5.88 Å². The van der Waals surface area contributed by atoms with Crippen molar-refractivity contribution in [1.82, 2.24) is 9.38 Å². The number of halogens is 1. The third kappa shape index (κ3) is 5.15. The van der Waals surface area contributed by atoms with Crippen LogP contribution in [0.15, 0.2) is 75.6 Å². The van der Waals surface area contributed by atoms with Crippen LogP contribution >= 0.6 is 15.9 Å². The van der Waals surface area contributed by atoms with Gasteiger partial charge in [0.25, 0.3) is 11.5 Å². The summed E-state index contributed by atoms with van der Waals surface area (Å²) in [7, 11) is 0. The van der Waals surface area contributed by atoms with E-state index in [1.165, 1.54) is 10.5 Å². The van der Waals surface area contributed by atoms with E-state index in [2.05, 4.69) is 26.2 Å². The molecular formula is C27H21BrN4O3. The van der Waals surface area contributed by atoms with Crippen LogP contribution in [0.1, 0.15) is 22.3 Å². The molecule has 174 valence electrons. The first-order valence-corrected chi connectivity index (χ1v) is 11.5. The zero-order valence-corrected chi connectivity index (χ0v) is 20.9. The van der Waals surface area contributed by atoms with E-state index in [9.17, 15) is 14.9 Å². The van der Waals surface area contributed by atoms with Crippen LogP contribution in [0.4, 0.5) is 5.69 Å². The predicted molar refractivity (Wildman–Crippen MR) is 139 cm³/mol. The van der Waals surface area contributed by atoms with E-state index in [-0.39, 0.29) is 17.0 Å². The van der Waals surface area contributed by atoms with Crippen LogP contribution in [0.5, 0.6) is 11.6 Å². The lowest BCUT2D eigenvalue weighted by Crippen LogP contribution is -2.21. The molecule has 0 radical (unpaired) electrons. The third-order valence-corrected chi connectivity index (χ3v) is 5.90. The normalized spacial score (nSPS) is 11.2. The topological polar surface area (TPSA) is 96.5 Å². The average Bonchev–Trinajstić information content (AvgIpc) is 2.83. The van der Waals surface area contributed by atoms with Crippen LogP contribution in [0, 0.1) is 32.1 Å². The zero-order chi connectivity index (χ0) is 25.1. The van der Waals surface area contributed by atoms with Crippen molar-refractivity contribution < 1.29 is 9.53 Å². The van der Waals surface area contributed by atoms with Gasteiger partial charge in [-0.2, -0.15) is 10.2 Å². The molecule has 0 aliphatic heterocycles. The Morgan fingerprint density at radius 2 is 1.86 bits per heavy atom. The summed E-state index contributed by atoms with van der Waals surface area (Å²) in [5, 5.41) is 12.5. The standard InChI is InChI=1S/C27H21BrN4O3/c1-16-6-7-17(2)23(13-16)30-25(33)19(15-29)14-22-26(35-21-10-8-20(28)9-11-21)31-24-18(3)5-4-12-32(24)27(22)34/h4-14H,1-3H3,(H,30,33)/b19-14-. The number of carbonyl (C=O) groups is 1. The molecule has 7 nitrogen and oxygen atoms in total. The minimum atomic E-state index is -0.635. The number of rotatable bonds is 5. The van der Waals surface area contributed by atoms with Crippen LogP contribution in [-0.4, -0.2) is 15.3 Å². The van der Waals surface area contributed by atoms with E-state index in [0.717, 1.165) is 21.2 Å². The number of hydrogen-bond acceptors (Lipinski definition) is 5. The maximum absolute atomic E-state index is 13.4. The fourth-order valence-corrected chi connectivity index (χ4v) is 3.73. The lowest BCUT2D eigenvalue weighted by atomic mass is 10.1. The number of aryl methyl sites for hydroxylation is 3. The van der Waals surface area contributed by atoms with Crippen molar-refractivity contribution in [2.24, 2.45) is 0 Å². The Hall–Kier alpha value is -4.22. The van der Waals surface area contributed by atoms with Crippen LogP contribution in [0.25, 0.3) is 11.7 Å². The lowest BCUT2D eigenvalue weighted by molar-refractivity contribution is -0.112. The first-order valence-electron chi connectivity index (χ1n) is 10.7. The number of benzene rings is 2. The number of ether oxygens (including phenoxy) is 1. The summed E-state index contributed by atoms with van der Waals surface area (Å²) < 4.78 is 8.19. The number of nitriles is 1. The molecule has 0 fully saturated rings. The number of pyridine rings is 1. The summed E-state index contributed by atoms with van der Waals surface area (Å²) in [6, 6.07) is 18.1. The first kappa shape index (κ1) is 23.9. The number of anilines is 1. The largest absolute Gasteiger partial charge is 0.438 e. The van der Waals surface area contributed by atoms with E-state index in [0.29, 0.717) is 17.1 Å². The summed E-state index contributed by atoms with van der Waals surface area (Å²) in [6.45, 7) is 5.60. The van der Waals surface area contributed by atoms with Crippen LogP contribution in [0.2, 0.25) is 0 Å². The summed E-state index contributed by atoms with van der Waals surface area (Å²) in [4.78, 5) is 31.0. The Morgan fingerprint density at radius 1 is 1.11 bits per heavy atom. The quantitative estimate of drug-likeness (QED) is 0.264. The highest BCUT2D eigenvalue weighted by molar-refractivity contribution is 9.10. The zero-order valence-electron chi connectivity index (χ0n) is 19.3. The van der Waals surface area contributed by atoms with E-state index in [1.54, 1.807) is 36.5 Å². The van der Waals surface area contributed by atoms with Gasteiger partial charge in [-0.15, -0.1) is 0 Å². The summed E-state index contributed by atoms with van der Waals surface area (Å²) in [6.07, 6.45) is 2.80. The van der Waals surface area contributed by atoms with Crippen LogP contribution in [-0.2, 0) is 4.79 Å². The van der Waals surface area contributed by atoms with Gasteiger partial charge in [0, 0.05) is 16.4 Å². The molecule has 0 saturated heterocycles. The highest BCUT2D eigenvalue weighted by Gasteiger charge is 2.18. The Bertz CT molecular complexity index is 1580. The number of amides is 1. The molecule has 0 aliphatic carbocycles. The van der Waals surface area contributed by atoms with E-state index < -0.39 is 11.5 Å². The molecule has 0 saturated carbocycles. The molecule has 2 heterocycles. The molecule has 2 aromatic carbocycles. The van der Waals surface area contributed by atoms with Gasteiger partial charge in [0.1, 0.15) is 28.6 Å². The van der Waals surface area contributed by atoms with Crippen LogP contribution < -0.4 is 15.6 Å². The minimum absolute atomic E-state index is 0.00101. The summed E-state index contributed by atoms with van der Waals surface area (Å²) in [5.41, 5.74) is 2.87. The van der Waals surface area contributed by atoms with Gasteiger partial charge in [-0.25, -0.2) is 0 Å². The maximum Gasteiger partial charge on any atom is 0.269 e. The Labute approximate surface area is 210 Å². The molecule has 8 heteroatoms. The number of hydrogen-bond donors (Lipinski definition) is 1. The van der Waals surface area contributed by atoms with Gasteiger partial charge in [-0.05, 0) is 79.9 Å². The number of aromatic nitrogens is 2. The second kappa shape index (κ2) is 9.95. The highest BCUT2D eigenvalue weighted by atomic mass is 79.9. The molecule has 4 aromatic rings. The Balaban J connectivity index is 1.83. The monoisotopic (exact) mass is 528 g/mol. The third-order valence-electron chi connectivity index (χ3n) is 5.37. The maximum atomic E-state index is 13.4. The van der Waals surface area contributed by atoms with Crippen molar-refractivity contribution in [2.45, 2.75) is 20.8 Å². The molecular weight excluding hydrogens is 508 g/mol. The van der Waals surface area contributed by atoms with Gasteiger partial charge >= 0.3 is 0 Å². The molecule has 35 heavy (non-hydrogen) atoms. The summed E-state index contributed by atoms with van der Waals surface area (Å²) in [5.74, 6) is -0.186. The molecule has 0 atom stereocenters. The second-order valence-corrected chi connectivity index (χ2v) is 8.93. The van der Waals surface area contributed by atoms with Crippen molar-refractivity contribution in [1.29, 1.82) is 5.26 Å². The molecule has 0 unspecified atom stereocenters. The first-order chi connectivity index (χ1) is 16.8. The van der Waals surface area contributed by atoms with Crippen molar-refractivity contribution in [2.75, 3.05) is 5.32 Å². The number of carbonyl (C=O) groups excluding carboxylic acids is 1. The molecule has 0 spiro atoms. The number of nitrogens with zero attached hydrogens (tertiary/aromatic N) is 3. The van der Waals surface area contributed by atoms with Gasteiger partial charge in [0.05, 0.1) is 0 Å². The van der Waals surface area contributed by atoms with Gasteiger partial charge in [0.15, 0.2) is 0 Å². The molecule has 2 aromatic heterocycles. The fourth-order valence-electron chi connectivity index (χ4n) is 3.46. The molecule has 0 aliphatic rings. The molecule has 4 rings (SSSR count). The van der Waals surface area contributed by atoms with Gasteiger partial charge < -0.3 is 10.1 Å². The Morgan fingerprint density at radius 3 is 2.57 bits per heavy atom. The fraction of sp³-hybridized carbons (Fsp3) is 0.111. The van der Waals surface area contributed by atoms with Gasteiger partial charge in [-0.1, -0.05) is 34.1 Å². The van der Waals surface area contributed by atoms with Gasteiger partial charge in [-0.3, -0.25) is 14.0 Å². The summed E-state index contributed by atoms with van der Waals surface area (Å²) >= 11 is 3.38. The van der Waals surface area contributed by atoms with E-state index in [4.69, 9.17) is 4.74 Å². The highest BCUT2D eigenvalue weighted by Crippen LogP contribution is 2.26. The second-order valence-electron chi connectivity index (χ2n) is 8.02. The molecule has 0 bridgehead atoms. The minimum Gasteiger partial charge on any atom is -0.438 e. The average molecular weight is 529 g/mol. The molecule has 1 amide bonds. The lowest BCUT2D eigenvalue weighted by Gasteiger charge is -2.12. The van der Waals surface area contributed by atoms with E-state index in [1.807, 2.05) is 51.1 Å².